The molecule has 1 saturated heterocycles. The highest BCUT2D eigenvalue weighted by atomic mass is 32.1. The molecule has 150 valence electrons. The molecular weight excluding hydrogens is 386 g/mol. The van der Waals surface area contributed by atoms with Crippen molar-refractivity contribution < 1.29 is 4.79 Å². The zero-order valence-corrected chi connectivity index (χ0v) is 17.2. The number of nitrogens with zero attached hydrogens (tertiary/aromatic N) is 6. The van der Waals surface area contributed by atoms with Gasteiger partial charge in [-0.25, -0.2) is 9.97 Å². The van der Waals surface area contributed by atoms with E-state index in [1.165, 1.54) is 17.8 Å². The first-order chi connectivity index (χ1) is 14.2. The normalized spacial score (nSPS) is 14.0. The van der Waals surface area contributed by atoms with Crippen LogP contribution in [0.2, 0.25) is 0 Å². The molecule has 4 heterocycles. The highest BCUT2D eigenvalue weighted by Gasteiger charge is 2.21. The molecule has 0 bridgehead atoms. The molecule has 29 heavy (non-hydrogen) atoms. The quantitative estimate of drug-likeness (QED) is 0.664. The number of amides is 1. The van der Waals surface area contributed by atoms with E-state index in [0.717, 1.165) is 49.3 Å². The minimum absolute atomic E-state index is 0.291. The average Bonchev–Trinajstić information content (AvgIpc) is 3.21. The SMILES string of the molecule is CCCc1nnc(NC(=O)c2cnc(N3CCCCC3)nc2-c2ccncc2)s1. The Morgan fingerprint density at radius 1 is 1.17 bits per heavy atom. The van der Waals surface area contributed by atoms with Crippen molar-refractivity contribution in [3.05, 3.63) is 41.3 Å². The van der Waals surface area contributed by atoms with Gasteiger partial charge in [0.05, 0.1) is 11.3 Å². The molecule has 0 aliphatic carbocycles. The number of hydrogen-bond donors (Lipinski definition) is 1. The summed E-state index contributed by atoms with van der Waals surface area (Å²) in [6.07, 6.45) is 10.3. The van der Waals surface area contributed by atoms with Gasteiger partial charge in [0.15, 0.2) is 0 Å². The van der Waals surface area contributed by atoms with Gasteiger partial charge in [0.2, 0.25) is 11.1 Å². The van der Waals surface area contributed by atoms with Crippen LogP contribution in [0.1, 0.15) is 48.0 Å². The Hall–Kier alpha value is -2.94. The predicted molar refractivity (Wildman–Crippen MR) is 113 cm³/mol. The number of hydrogen-bond acceptors (Lipinski definition) is 8. The van der Waals surface area contributed by atoms with E-state index >= 15 is 0 Å². The van der Waals surface area contributed by atoms with E-state index in [1.807, 2.05) is 12.1 Å². The van der Waals surface area contributed by atoms with Gasteiger partial charge in [0, 0.05) is 43.7 Å². The molecule has 3 aromatic rings. The zero-order chi connectivity index (χ0) is 20.1. The van der Waals surface area contributed by atoms with Crippen molar-refractivity contribution >= 4 is 28.3 Å². The number of rotatable bonds is 6. The fourth-order valence-corrected chi connectivity index (χ4v) is 4.13. The fraction of sp³-hybridized carbons (Fsp3) is 0.400. The van der Waals surface area contributed by atoms with Crippen LogP contribution in [0.5, 0.6) is 0 Å². The minimum Gasteiger partial charge on any atom is -0.341 e. The van der Waals surface area contributed by atoms with Gasteiger partial charge in [-0.1, -0.05) is 18.3 Å². The molecule has 0 aromatic carbocycles. The number of carbonyl (C=O) groups is 1. The van der Waals surface area contributed by atoms with Gasteiger partial charge < -0.3 is 4.90 Å². The maximum atomic E-state index is 13.0. The smallest absolute Gasteiger partial charge is 0.261 e. The first-order valence-electron chi connectivity index (χ1n) is 9.90. The van der Waals surface area contributed by atoms with Crippen molar-refractivity contribution in [2.75, 3.05) is 23.3 Å². The average molecular weight is 410 g/mol. The molecule has 9 heteroatoms. The molecule has 1 aliphatic heterocycles. The van der Waals surface area contributed by atoms with Crippen molar-refractivity contribution in [2.45, 2.75) is 39.0 Å². The van der Waals surface area contributed by atoms with Crippen LogP contribution in [-0.4, -0.2) is 44.1 Å². The first-order valence-corrected chi connectivity index (χ1v) is 10.7. The Bertz CT molecular complexity index is 970. The predicted octanol–water partition coefficient (Wildman–Crippen LogP) is 3.59. The van der Waals surface area contributed by atoms with Crippen molar-refractivity contribution in [3.8, 4) is 11.3 Å². The van der Waals surface area contributed by atoms with Gasteiger partial charge >= 0.3 is 0 Å². The summed E-state index contributed by atoms with van der Waals surface area (Å²) < 4.78 is 0. The fourth-order valence-electron chi connectivity index (χ4n) is 3.30. The minimum atomic E-state index is -0.291. The summed E-state index contributed by atoms with van der Waals surface area (Å²) in [7, 11) is 0. The third kappa shape index (κ3) is 4.56. The van der Waals surface area contributed by atoms with Gasteiger partial charge in [-0.2, -0.15) is 0 Å². The van der Waals surface area contributed by atoms with E-state index in [4.69, 9.17) is 4.98 Å². The largest absolute Gasteiger partial charge is 0.341 e. The highest BCUT2D eigenvalue weighted by Crippen LogP contribution is 2.26. The molecule has 0 unspecified atom stereocenters. The van der Waals surface area contributed by atoms with Crippen molar-refractivity contribution in [1.82, 2.24) is 25.1 Å². The van der Waals surface area contributed by atoms with Gasteiger partial charge in [-0.15, -0.1) is 10.2 Å². The van der Waals surface area contributed by atoms with E-state index in [-0.39, 0.29) is 5.91 Å². The Kier molecular flexibility index (Phi) is 6.04. The second-order valence-electron chi connectivity index (χ2n) is 6.92. The monoisotopic (exact) mass is 409 g/mol. The van der Waals surface area contributed by atoms with Crippen molar-refractivity contribution in [2.24, 2.45) is 0 Å². The molecule has 0 radical (unpaired) electrons. The standard InChI is InChI=1S/C20H23N7OS/c1-2-6-16-25-26-20(29-16)24-18(28)15-13-22-19(27-11-4-3-5-12-27)23-17(15)14-7-9-21-10-8-14/h7-10,13H,2-6,11-12H2,1H3,(H,24,26,28). The van der Waals surface area contributed by atoms with Gasteiger partial charge in [0.1, 0.15) is 5.01 Å². The number of anilines is 2. The molecule has 0 spiro atoms. The highest BCUT2D eigenvalue weighted by molar-refractivity contribution is 7.15. The summed E-state index contributed by atoms with van der Waals surface area (Å²) in [4.78, 5) is 28.5. The maximum absolute atomic E-state index is 13.0. The summed E-state index contributed by atoms with van der Waals surface area (Å²) >= 11 is 1.39. The van der Waals surface area contributed by atoms with Crippen molar-refractivity contribution in [1.29, 1.82) is 0 Å². The van der Waals surface area contributed by atoms with Crippen LogP contribution in [0.15, 0.2) is 30.7 Å². The number of pyridine rings is 1. The number of aromatic nitrogens is 5. The van der Waals surface area contributed by atoms with E-state index in [9.17, 15) is 4.79 Å². The van der Waals surface area contributed by atoms with E-state index in [1.54, 1.807) is 18.6 Å². The first kappa shape index (κ1) is 19.4. The lowest BCUT2D eigenvalue weighted by Crippen LogP contribution is -2.31. The van der Waals surface area contributed by atoms with Crippen LogP contribution in [0.3, 0.4) is 0 Å². The van der Waals surface area contributed by atoms with Gasteiger partial charge in [-0.05, 0) is 37.8 Å². The van der Waals surface area contributed by atoms with Crippen LogP contribution in [0.4, 0.5) is 11.1 Å². The molecule has 1 fully saturated rings. The summed E-state index contributed by atoms with van der Waals surface area (Å²) in [5.74, 6) is 0.371. The summed E-state index contributed by atoms with van der Waals surface area (Å²) in [5, 5.41) is 12.4. The molecule has 0 atom stereocenters. The Morgan fingerprint density at radius 2 is 1.97 bits per heavy atom. The second-order valence-corrected chi connectivity index (χ2v) is 7.98. The third-order valence-electron chi connectivity index (χ3n) is 4.76. The maximum Gasteiger partial charge on any atom is 0.261 e. The van der Waals surface area contributed by atoms with Crippen LogP contribution in [-0.2, 0) is 6.42 Å². The van der Waals surface area contributed by atoms with Crippen LogP contribution < -0.4 is 10.2 Å². The Morgan fingerprint density at radius 3 is 2.72 bits per heavy atom. The lowest BCUT2D eigenvalue weighted by molar-refractivity contribution is 0.102. The molecule has 1 N–H and O–H groups in total. The molecule has 8 nitrogen and oxygen atoms in total. The number of nitrogens with one attached hydrogen (secondary N) is 1. The molecule has 3 aromatic heterocycles. The van der Waals surface area contributed by atoms with Crippen LogP contribution in [0.25, 0.3) is 11.3 Å². The number of carbonyl (C=O) groups excluding carboxylic acids is 1. The summed E-state index contributed by atoms with van der Waals surface area (Å²) in [5.41, 5.74) is 1.83. The van der Waals surface area contributed by atoms with Gasteiger partial charge in [0.25, 0.3) is 5.91 Å². The molecule has 1 amide bonds. The van der Waals surface area contributed by atoms with Gasteiger partial charge in [-0.3, -0.25) is 15.1 Å². The lowest BCUT2D eigenvalue weighted by Gasteiger charge is -2.27. The van der Waals surface area contributed by atoms with Crippen LogP contribution in [0, 0.1) is 0 Å². The third-order valence-corrected chi connectivity index (χ3v) is 5.66. The molecule has 4 rings (SSSR count). The Balaban J connectivity index is 1.64. The van der Waals surface area contributed by atoms with E-state index in [0.29, 0.717) is 22.3 Å². The Labute approximate surface area is 173 Å². The lowest BCUT2D eigenvalue weighted by atomic mass is 10.1. The number of piperidine rings is 1. The van der Waals surface area contributed by atoms with E-state index in [2.05, 4.69) is 37.3 Å². The van der Waals surface area contributed by atoms with Crippen molar-refractivity contribution in [3.63, 3.8) is 0 Å². The topological polar surface area (TPSA) is 96.8 Å². The van der Waals surface area contributed by atoms with E-state index < -0.39 is 0 Å². The number of aryl methyl sites for hydroxylation is 1. The van der Waals surface area contributed by atoms with Crippen LogP contribution >= 0.6 is 11.3 Å². The second kappa shape index (κ2) is 9.04. The molecule has 0 saturated carbocycles. The summed E-state index contributed by atoms with van der Waals surface area (Å²) in [6, 6.07) is 3.70. The summed E-state index contributed by atoms with van der Waals surface area (Å²) in [6.45, 7) is 3.96. The molecule has 1 aliphatic rings. The molecular formula is C20H23N7OS. The zero-order valence-electron chi connectivity index (χ0n) is 16.3.